The summed E-state index contributed by atoms with van der Waals surface area (Å²) in [5, 5.41) is -0.220. The van der Waals surface area contributed by atoms with Crippen molar-refractivity contribution >= 4 is 39.5 Å². The first-order chi connectivity index (χ1) is 23.6. The minimum atomic E-state index is -4.13. The van der Waals surface area contributed by atoms with Crippen LogP contribution in [0.4, 0.5) is 5.69 Å². The maximum atomic E-state index is 14.0. The van der Waals surface area contributed by atoms with Crippen molar-refractivity contribution in [3.63, 3.8) is 0 Å². The van der Waals surface area contributed by atoms with Crippen LogP contribution in [-0.4, -0.2) is 51.7 Å². The molecule has 5 atom stereocenters. The Morgan fingerprint density at radius 1 is 1.06 bits per heavy atom. The van der Waals surface area contributed by atoms with Crippen LogP contribution < -0.4 is 14.4 Å². The number of benzene rings is 3. The Kier molecular flexibility index (Phi) is 10.8. The van der Waals surface area contributed by atoms with E-state index in [-0.39, 0.29) is 29.7 Å². The fraction of sp³-hybridized carbons (Fsp3) is 0.436. The van der Waals surface area contributed by atoms with E-state index in [4.69, 9.17) is 21.1 Å². The number of anilines is 1. The largest absolute Gasteiger partial charge is 0.487 e. The van der Waals surface area contributed by atoms with Gasteiger partial charge in [-0.25, -0.2) is 13.1 Å². The standard InChI is InChI=1S/C39H45ClN2O6S/c1-27-9-8-19-39(26-43,47-2)34-17-14-31(34)24-42-20-7-6-12-29-22-33(40)16-13-32(29)25-48-36-18-15-30(23-35(36)42)38(44)41-49(45,46)37(27)21-28-10-4-3-5-11-28/h3-5,8,10-11,13,15-16,18-19,22-23,26-27,31,34,37H,6-7,9,12,14,17,20-21,24-25H2,1-2H3,(H,41,44)/b19-8+/t27-,31-,34+,37-,39+/m0/s1. The van der Waals surface area contributed by atoms with Gasteiger partial charge in [0.2, 0.25) is 10.0 Å². The van der Waals surface area contributed by atoms with Crippen LogP contribution in [0.15, 0.2) is 78.9 Å². The summed E-state index contributed by atoms with van der Waals surface area (Å²) in [4.78, 5) is 28.9. The first-order valence-electron chi connectivity index (χ1n) is 17.2. The van der Waals surface area contributed by atoms with Gasteiger partial charge in [0.15, 0.2) is 6.29 Å². The average Bonchev–Trinajstić information content (AvgIpc) is 3.11. The molecule has 0 unspecified atom stereocenters. The Labute approximate surface area is 294 Å². The summed E-state index contributed by atoms with van der Waals surface area (Å²) in [5.41, 5.74) is 2.88. The smallest absolute Gasteiger partial charge is 0.264 e. The van der Waals surface area contributed by atoms with Gasteiger partial charge in [-0.3, -0.25) is 9.59 Å². The van der Waals surface area contributed by atoms with Crippen molar-refractivity contribution < 1.29 is 27.5 Å². The maximum absolute atomic E-state index is 14.0. The number of ether oxygens (including phenoxy) is 2. The number of amides is 1. The topological polar surface area (TPSA) is 102 Å². The molecule has 1 N–H and O–H groups in total. The van der Waals surface area contributed by atoms with Gasteiger partial charge < -0.3 is 14.4 Å². The lowest BCUT2D eigenvalue weighted by Crippen LogP contribution is -2.52. The number of carbonyl (C=O) groups is 2. The zero-order valence-corrected chi connectivity index (χ0v) is 29.7. The third kappa shape index (κ3) is 7.74. The summed E-state index contributed by atoms with van der Waals surface area (Å²) in [6.45, 7) is 3.51. The second kappa shape index (κ2) is 15.1. The number of carbonyl (C=O) groups excluding carboxylic acids is 2. The van der Waals surface area contributed by atoms with E-state index in [1.54, 1.807) is 25.3 Å². The first-order valence-corrected chi connectivity index (χ1v) is 19.1. The molecule has 260 valence electrons. The number of allylic oxidation sites excluding steroid dienone is 1. The quantitative estimate of drug-likeness (QED) is 0.232. The Bertz CT molecular complexity index is 1800. The third-order valence-electron chi connectivity index (χ3n) is 10.7. The molecular weight excluding hydrogens is 660 g/mol. The van der Waals surface area contributed by atoms with Crippen molar-refractivity contribution in [2.45, 2.75) is 69.3 Å². The van der Waals surface area contributed by atoms with E-state index in [1.165, 1.54) is 0 Å². The van der Waals surface area contributed by atoms with Crippen LogP contribution in [0.25, 0.3) is 0 Å². The van der Waals surface area contributed by atoms with E-state index >= 15 is 0 Å². The number of halogens is 1. The summed E-state index contributed by atoms with van der Waals surface area (Å²) in [6, 6.07) is 20.4. The molecule has 2 heterocycles. The fourth-order valence-electron chi connectivity index (χ4n) is 7.61. The molecule has 0 spiro atoms. The predicted octanol–water partition coefficient (Wildman–Crippen LogP) is 6.94. The zero-order chi connectivity index (χ0) is 34.6. The zero-order valence-electron chi connectivity index (χ0n) is 28.1. The fourth-order valence-corrected chi connectivity index (χ4v) is 9.46. The monoisotopic (exact) mass is 704 g/mol. The highest BCUT2D eigenvalue weighted by molar-refractivity contribution is 7.90. The Balaban J connectivity index is 1.42. The molecule has 3 aromatic rings. The van der Waals surface area contributed by atoms with Crippen molar-refractivity contribution in [1.29, 1.82) is 0 Å². The summed E-state index contributed by atoms with van der Waals surface area (Å²) < 4.78 is 42.9. The van der Waals surface area contributed by atoms with E-state index in [1.807, 2.05) is 67.6 Å². The highest BCUT2D eigenvalue weighted by Gasteiger charge is 2.47. The Morgan fingerprint density at radius 3 is 2.61 bits per heavy atom. The van der Waals surface area contributed by atoms with E-state index in [0.29, 0.717) is 36.9 Å². The number of methoxy groups -OCH3 is 1. The lowest BCUT2D eigenvalue weighted by molar-refractivity contribution is -0.135. The van der Waals surface area contributed by atoms with Crippen molar-refractivity contribution in [3.8, 4) is 5.75 Å². The van der Waals surface area contributed by atoms with Crippen LogP contribution >= 0.6 is 11.6 Å². The second-order valence-electron chi connectivity index (χ2n) is 13.7. The van der Waals surface area contributed by atoms with Crippen LogP contribution in [0.5, 0.6) is 5.75 Å². The minimum absolute atomic E-state index is 0.0567. The highest BCUT2D eigenvalue weighted by atomic mass is 35.5. The van der Waals surface area contributed by atoms with Crippen molar-refractivity contribution in [1.82, 2.24) is 4.72 Å². The minimum Gasteiger partial charge on any atom is -0.487 e. The molecule has 1 amide bonds. The van der Waals surface area contributed by atoms with Gasteiger partial charge in [-0.15, -0.1) is 0 Å². The number of fused-ring (bicyclic) bond motifs is 3. The van der Waals surface area contributed by atoms with E-state index in [2.05, 4.69) is 9.62 Å². The Morgan fingerprint density at radius 2 is 1.88 bits per heavy atom. The molecule has 0 radical (unpaired) electrons. The highest BCUT2D eigenvalue weighted by Crippen LogP contribution is 2.45. The third-order valence-corrected chi connectivity index (χ3v) is 12.8. The second-order valence-corrected chi connectivity index (χ2v) is 16.1. The molecule has 8 nitrogen and oxygen atoms in total. The molecule has 3 aliphatic rings. The SMILES string of the molecule is CO[C@@]1(C=O)/C=C/C[C@H](C)[C@H](Cc2ccccc2)S(=O)(=O)NC(=O)c2ccc3c(c2)N(CCCCc2cc(Cl)ccc2CO3)C[C@@H]2CC[C@H]21. The van der Waals surface area contributed by atoms with Crippen molar-refractivity contribution in [3.05, 3.63) is 106 Å². The van der Waals surface area contributed by atoms with Crippen molar-refractivity contribution in [2.75, 3.05) is 25.1 Å². The van der Waals surface area contributed by atoms with Gasteiger partial charge in [-0.05, 0) is 110 Å². The van der Waals surface area contributed by atoms with Gasteiger partial charge in [0, 0.05) is 36.7 Å². The number of aldehydes is 1. The summed E-state index contributed by atoms with van der Waals surface area (Å²) in [7, 11) is -2.56. The van der Waals surface area contributed by atoms with Gasteiger partial charge >= 0.3 is 0 Å². The first kappa shape index (κ1) is 35.2. The van der Waals surface area contributed by atoms with Gasteiger partial charge in [-0.2, -0.15) is 0 Å². The van der Waals surface area contributed by atoms with Crippen molar-refractivity contribution in [2.24, 2.45) is 17.8 Å². The lowest BCUT2D eigenvalue weighted by Gasteiger charge is -2.47. The van der Waals surface area contributed by atoms with E-state index in [9.17, 15) is 18.0 Å². The summed E-state index contributed by atoms with van der Waals surface area (Å²) in [6.07, 6.45) is 9.63. The molecule has 0 aromatic heterocycles. The Hall–Kier alpha value is -3.66. The number of hydrogen-bond acceptors (Lipinski definition) is 7. The molecule has 6 rings (SSSR count). The molecule has 49 heavy (non-hydrogen) atoms. The molecular formula is C39H45ClN2O6S. The molecule has 3 aromatic carbocycles. The molecule has 1 aliphatic carbocycles. The van der Waals surface area contributed by atoms with Crippen LogP contribution in [0.2, 0.25) is 5.02 Å². The van der Waals surface area contributed by atoms with Crippen LogP contribution in [0.3, 0.4) is 0 Å². The van der Waals surface area contributed by atoms with Crippen LogP contribution in [-0.2, 0) is 39.0 Å². The van der Waals surface area contributed by atoms with Crippen LogP contribution in [0, 0.1) is 17.8 Å². The number of aryl methyl sites for hydroxylation is 1. The molecule has 2 aliphatic heterocycles. The number of rotatable bonds is 4. The number of nitrogens with one attached hydrogen (secondary N) is 1. The van der Waals surface area contributed by atoms with Crippen LogP contribution in [0.1, 0.15) is 66.1 Å². The number of sulfonamides is 1. The molecule has 0 saturated heterocycles. The van der Waals surface area contributed by atoms with Gasteiger partial charge in [0.1, 0.15) is 18.0 Å². The van der Waals surface area contributed by atoms with Gasteiger partial charge in [0.25, 0.3) is 5.91 Å². The summed E-state index contributed by atoms with van der Waals surface area (Å²) >= 11 is 6.35. The van der Waals surface area contributed by atoms with Gasteiger partial charge in [0.05, 0.1) is 10.9 Å². The maximum Gasteiger partial charge on any atom is 0.264 e. The average molecular weight is 705 g/mol. The van der Waals surface area contributed by atoms with Gasteiger partial charge in [-0.1, -0.05) is 61.0 Å². The molecule has 1 fully saturated rings. The molecule has 10 heteroatoms. The molecule has 2 bridgehead atoms. The predicted molar refractivity (Wildman–Crippen MR) is 193 cm³/mol. The molecule has 1 saturated carbocycles. The number of hydrogen-bond donors (Lipinski definition) is 1. The lowest BCUT2D eigenvalue weighted by atomic mass is 9.64. The normalized spacial score (nSPS) is 27.9. The summed E-state index contributed by atoms with van der Waals surface area (Å²) in [5.74, 6) is -0.354. The van der Waals surface area contributed by atoms with E-state index in [0.717, 1.165) is 60.8 Å². The van der Waals surface area contributed by atoms with E-state index < -0.39 is 26.8 Å². The number of nitrogens with zero attached hydrogens (tertiary/aromatic N) is 1.